The number of carbonyl (C=O) groups is 2. The second-order valence-corrected chi connectivity index (χ2v) is 6.03. The van der Waals surface area contributed by atoms with Gasteiger partial charge in [0.15, 0.2) is 5.76 Å². The number of ether oxygens (including phenoxy) is 1. The van der Waals surface area contributed by atoms with Gasteiger partial charge in [-0.2, -0.15) is 0 Å². The van der Waals surface area contributed by atoms with E-state index in [4.69, 9.17) is 16.3 Å². The van der Waals surface area contributed by atoms with E-state index in [0.717, 1.165) is 0 Å². The number of carbonyl (C=O) groups excluding carboxylic acids is 2. The molecule has 7 heteroatoms. The maximum Gasteiger partial charge on any atom is 0.340 e. The molecule has 0 saturated heterocycles. The van der Waals surface area contributed by atoms with Crippen LogP contribution in [-0.2, 0) is 14.3 Å². The third-order valence-corrected chi connectivity index (χ3v) is 4.22. The molecule has 2 aromatic rings. The summed E-state index contributed by atoms with van der Waals surface area (Å²) in [5, 5.41) is 10.8. The van der Waals surface area contributed by atoms with Crippen LogP contribution in [0.2, 0.25) is 5.02 Å². The number of aliphatic hydroxyl groups is 1. The first-order chi connectivity index (χ1) is 12.4. The molecule has 0 bridgehead atoms. The number of halogens is 2. The van der Waals surface area contributed by atoms with Crippen LogP contribution in [0.25, 0.3) is 0 Å². The van der Waals surface area contributed by atoms with Crippen molar-refractivity contribution in [3.63, 3.8) is 0 Å². The summed E-state index contributed by atoms with van der Waals surface area (Å²) in [6.07, 6.45) is 0. The summed E-state index contributed by atoms with van der Waals surface area (Å²) >= 11 is 5.89. The highest BCUT2D eigenvalue weighted by Gasteiger charge is 2.45. The second-order valence-electron chi connectivity index (χ2n) is 5.59. The normalized spacial score (nSPS) is 17.0. The van der Waals surface area contributed by atoms with E-state index in [-0.39, 0.29) is 12.2 Å². The minimum Gasteiger partial charge on any atom is -0.503 e. The summed E-state index contributed by atoms with van der Waals surface area (Å²) in [5.74, 6) is -2.85. The zero-order chi connectivity index (χ0) is 18.8. The number of anilines is 1. The SMILES string of the molecule is CCOC(=O)C1=C(O)C(=O)N(c2ccc(Cl)cc2)C1c1cccc(F)c1. The fraction of sp³-hybridized carbons (Fsp3) is 0.158. The van der Waals surface area contributed by atoms with Crippen LogP contribution in [0.3, 0.4) is 0 Å². The molecule has 0 saturated carbocycles. The Morgan fingerprint density at radius 2 is 1.96 bits per heavy atom. The topological polar surface area (TPSA) is 66.8 Å². The summed E-state index contributed by atoms with van der Waals surface area (Å²) < 4.78 is 18.7. The number of esters is 1. The molecule has 26 heavy (non-hydrogen) atoms. The van der Waals surface area contributed by atoms with Crippen LogP contribution in [0.5, 0.6) is 0 Å². The molecule has 134 valence electrons. The molecule has 0 aromatic heterocycles. The number of benzene rings is 2. The van der Waals surface area contributed by atoms with Crippen molar-refractivity contribution in [3.05, 3.63) is 76.3 Å². The summed E-state index contributed by atoms with van der Waals surface area (Å²) in [6.45, 7) is 1.68. The van der Waals surface area contributed by atoms with E-state index >= 15 is 0 Å². The Morgan fingerprint density at radius 1 is 1.27 bits per heavy atom. The minimum absolute atomic E-state index is 0.0701. The average Bonchev–Trinajstić information content (AvgIpc) is 2.88. The Morgan fingerprint density at radius 3 is 2.58 bits per heavy atom. The van der Waals surface area contributed by atoms with Crippen molar-refractivity contribution in [2.24, 2.45) is 0 Å². The van der Waals surface area contributed by atoms with Crippen LogP contribution in [0.1, 0.15) is 18.5 Å². The van der Waals surface area contributed by atoms with Gasteiger partial charge >= 0.3 is 5.97 Å². The van der Waals surface area contributed by atoms with Crippen molar-refractivity contribution in [1.82, 2.24) is 0 Å². The molecule has 0 fully saturated rings. The first-order valence-corrected chi connectivity index (χ1v) is 8.26. The van der Waals surface area contributed by atoms with Gasteiger partial charge < -0.3 is 9.84 Å². The minimum atomic E-state index is -1.02. The number of amides is 1. The van der Waals surface area contributed by atoms with Gasteiger partial charge in [0.25, 0.3) is 5.91 Å². The fourth-order valence-corrected chi connectivity index (χ4v) is 3.01. The molecule has 0 aliphatic carbocycles. The number of aliphatic hydroxyl groups excluding tert-OH is 1. The van der Waals surface area contributed by atoms with Crippen molar-refractivity contribution in [2.75, 3.05) is 11.5 Å². The van der Waals surface area contributed by atoms with Crippen LogP contribution in [0, 0.1) is 5.82 Å². The molecular formula is C19H15ClFNO4. The zero-order valence-electron chi connectivity index (χ0n) is 13.8. The lowest BCUT2D eigenvalue weighted by atomic mass is 9.99. The smallest absolute Gasteiger partial charge is 0.340 e. The molecule has 0 spiro atoms. The summed E-state index contributed by atoms with van der Waals surface area (Å²) in [5.41, 5.74) is 0.511. The van der Waals surface area contributed by atoms with Gasteiger partial charge in [0.05, 0.1) is 12.6 Å². The highest BCUT2D eigenvalue weighted by Crippen LogP contribution is 2.41. The summed E-state index contributed by atoms with van der Waals surface area (Å²) in [4.78, 5) is 26.2. The van der Waals surface area contributed by atoms with E-state index in [1.807, 2.05) is 0 Å². The molecule has 1 atom stereocenters. The average molecular weight is 376 g/mol. The van der Waals surface area contributed by atoms with Crippen molar-refractivity contribution in [3.8, 4) is 0 Å². The van der Waals surface area contributed by atoms with E-state index in [1.54, 1.807) is 37.3 Å². The number of nitrogens with zero attached hydrogens (tertiary/aromatic N) is 1. The highest BCUT2D eigenvalue weighted by atomic mass is 35.5. The fourth-order valence-electron chi connectivity index (χ4n) is 2.88. The monoisotopic (exact) mass is 375 g/mol. The molecule has 3 rings (SSSR count). The molecular weight excluding hydrogens is 361 g/mol. The molecule has 2 aromatic carbocycles. The van der Waals surface area contributed by atoms with Crippen LogP contribution >= 0.6 is 11.6 Å². The summed E-state index contributed by atoms with van der Waals surface area (Å²) in [6, 6.07) is 10.8. The largest absolute Gasteiger partial charge is 0.503 e. The van der Waals surface area contributed by atoms with Crippen molar-refractivity contribution < 1.29 is 23.8 Å². The number of hydrogen-bond acceptors (Lipinski definition) is 4. The van der Waals surface area contributed by atoms with Crippen LogP contribution in [0.4, 0.5) is 10.1 Å². The highest BCUT2D eigenvalue weighted by molar-refractivity contribution is 6.30. The Labute approximate surface area is 154 Å². The third kappa shape index (κ3) is 3.15. The Hall–Kier alpha value is -2.86. The molecule has 1 amide bonds. The van der Waals surface area contributed by atoms with Crippen molar-refractivity contribution >= 4 is 29.2 Å². The first kappa shape index (κ1) is 17.9. The van der Waals surface area contributed by atoms with Crippen LogP contribution in [0.15, 0.2) is 59.9 Å². The third-order valence-electron chi connectivity index (χ3n) is 3.97. The molecule has 5 nitrogen and oxygen atoms in total. The number of hydrogen-bond donors (Lipinski definition) is 1. The summed E-state index contributed by atoms with van der Waals surface area (Å²) in [7, 11) is 0. The lowest BCUT2D eigenvalue weighted by molar-refractivity contribution is -0.139. The predicted octanol–water partition coefficient (Wildman–Crippen LogP) is 3.94. The van der Waals surface area contributed by atoms with Gasteiger partial charge in [-0.25, -0.2) is 9.18 Å². The lowest BCUT2D eigenvalue weighted by Crippen LogP contribution is -2.31. The van der Waals surface area contributed by atoms with Gasteiger partial charge in [0.2, 0.25) is 0 Å². The van der Waals surface area contributed by atoms with Gasteiger partial charge in [-0.1, -0.05) is 23.7 Å². The molecule has 0 radical (unpaired) electrons. The van der Waals surface area contributed by atoms with E-state index < -0.39 is 29.5 Å². The predicted molar refractivity (Wildman–Crippen MR) is 94.4 cm³/mol. The van der Waals surface area contributed by atoms with Gasteiger partial charge in [-0.15, -0.1) is 0 Å². The molecule has 1 unspecified atom stereocenters. The standard InChI is InChI=1S/C19H15ClFNO4/c1-2-26-19(25)15-16(11-4-3-5-13(21)10-11)22(18(24)17(15)23)14-8-6-12(20)7-9-14/h3-10,16,23H,2H2,1H3. The molecule has 1 heterocycles. The van der Waals surface area contributed by atoms with Crippen LogP contribution in [-0.4, -0.2) is 23.6 Å². The van der Waals surface area contributed by atoms with E-state index in [9.17, 15) is 19.1 Å². The Bertz CT molecular complexity index is 895. The van der Waals surface area contributed by atoms with Gasteiger partial charge in [-0.3, -0.25) is 9.69 Å². The van der Waals surface area contributed by atoms with Crippen molar-refractivity contribution in [2.45, 2.75) is 13.0 Å². The number of rotatable bonds is 4. The molecule has 1 aliphatic rings. The van der Waals surface area contributed by atoms with E-state index in [0.29, 0.717) is 16.3 Å². The van der Waals surface area contributed by atoms with Gasteiger partial charge in [0.1, 0.15) is 11.4 Å². The molecule has 1 N–H and O–H groups in total. The van der Waals surface area contributed by atoms with Gasteiger partial charge in [-0.05, 0) is 48.9 Å². The quantitative estimate of drug-likeness (QED) is 0.822. The van der Waals surface area contributed by atoms with E-state index in [2.05, 4.69) is 0 Å². The molecule has 1 aliphatic heterocycles. The Balaban J connectivity index is 2.16. The van der Waals surface area contributed by atoms with E-state index in [1.165, 1.54) is 23.1 Å². The van der Waals surface area contributed by atoms with Crippen molar-refractivity contribution in [1.29, 1.82) is 0 Å². The maximum absolute atomic E-state index is 13.8. The Kier molecular flexibility index (Phi) is 4.95. The first-order valence-electron chi connectivity index (χ1n) is 7.89. The lowest BCUT2D eigenvalue weighted by Gasteiger charge is -2.26. The van der Waals surface area contributed by atoms with Crippen LogP contribution < -0.4 is 4.90 Å². The van der Waals surface area contributed by atoms with Gasteiger partial charge in [0, 0.05) is 10.7 Å². The maximum atomic E-state index is 13.8. The second kappa shape index (κ2) is 7.17. The zero-order valence-corrected chi connectivity index (χ0v) is 14.5.